The molecular weight excluding hydrogens is 284 g/mol. The zero-order valence-corrected chi connectivity index (χ0v) is 12.2. The van der Waals surface area contributed by atoms with Crippen molar-refractivity contribution in [1.29, 1.82) is 0 Å². The summed E-state index contributed by atoms with van der Waals surface area (Å²) in [5.74, 6) is 0. The van der Waals surface area contributed by atoms with Gasteiger partial charge in [0.2, 0.25) is 10.0 Å². The van der Waals surface area contributed by atoms with Crippen LogP contribution in [0.4, 0.5) is 5.69 Å². The van der Waals surface area contributed by atoms with Gasteiger partial charge in [0.05, 0.1) is 15.9 Å². The van der Waals surface area contributed by atoms with Crippen molar-refractivity contribution in [3.8, 4) is 0 Å². The van der Waals surface area contributed by atoms with Gasteiger partial charge >= 0.3 is 0 Å². The van der Waals surface area contributed by atoms with Gasteiger partial charge in [-0.1, -0.05) is 19.4 Å². The fourth-order valence-electron chi connectivity index (χ4n) is 1.86. The first kappa shape index (κ1) is 16.5. The van der Waals surface area contributed by atoms with Gasteiger partial charge in [-0.2, -0.15) is 0 Å². The predicted molar refractivity (Wildman–Crippen MR) is 74.0 cm³/mol. The van der Waals surface area contributed by atoms with Crippen molar-refractivity contribution in [2.24, 2.45) is 0 Å². The molecule has 20 heavy (non-hydrogen) atoms. The zero-order chi connectivity index (χ0) is 15.3. The van der Waals surface area contributed by atoms with Gasteiger partial charge in [0, 0.05) is 18.1 Å². The maximum atomic E-state index is 11.6. The Kier molecular flexibility index (Phi) is 5.61. The smallest absolute Gasteiger partial charge is 0.274 e. The third kappa shape index (κ3) is 3.99. The average molecular weight is 302 g/mol. The van der Waals surface area contributed by atoms with Crippen LogP contribution in [0.5, 0.6) is 0 Å². The third-order valence-electron chi connectivity index (χ3n) is 2.91. The first-order valence-electron chi connectivity index (χ1n) is 6.20. The molecule has 1 rings (SSSR count). The Morgan fingerprint density at radius 3 is 2.60 bits per heavy atom. The van der Waals surface area contributed by atoms with E-state index in [9.17, 15) is 23.6 Å². The molecule has 0 bridgehead atoms. The van der Waals surface area contributed by atoms with E-state index in [1.165, 1.54) is 19.2 Å². The molecule has 0 heterocycles. The zero-order valence-electron chi connectivity index (χ0n) is 11.4. The Hall–Kier alpha value is -1.51. The van der Waals surface area contributed by atoms with Gasteiger partial charge in [0.25, 0.3) is 5.69 Å². The molecule has 0 amide bonds. The number of aliphatic hydroxyl groups is 1. The van der Waals surface area contributed by atoms with Gasteiger partial charge < -0.3 is 5.11 Å². The molecule has 0 aliphatic heterocycles. The average Bonchev–Trinajstić information content (AvgIpc) is 2.38. The van der Waals surface area contributed by atoms with E-state index >= 15 is 0 Å². The van der Waals surface area contributed by atoms with Crippen LogP contribution in [0.3, 0.4) is 0 Å². The molecule has 1 unspecified atom stereocenters. The molecule has 1 atom stereocenters. The molecule has 1 aromatic carbocycles. The Labute approximate surface area is 117 Å². The van der Waals surface area contributed by atoms with Crippen molar-refractivity contribution in [3.05, 3.63) is 33.9 Å². The number of benzene rings is 1. The summed E-state index contributed by atoms with van der Waals surface area (Å²) in [7, 11) is -2.49. The van der Waals surface area contributed by atoms with Gasteiger partial charge in [0.15, 0.2) is 0 Å². The minimum absolute atomic E-state index is 0.129. The number of aliphatic hydroxyl groups excluding tert-OH is 1. The number of nitro benzene ring substituents is 1. The quantitative estimate of drug-likeness (QED) is 0.581. The summed E-state index contributed by atoms with van der Waals surface area (Å²) in [5.41, 5.74) is 0.0301. The van der Waals surface area contributed by atoms with E-state index in [0.29, 0.717) is 12.0 Å². The number of nitro groups is 1. The maximum absolute atomic E-state index is 11.6. The lowest BCUT2D eigenvalue weighted by molar-refractivity contribution is -0.385. The van der Waals surface area contributed by atoms with Gasteiger partial charge in [-0.05, 0) is 19.5 Å². The first-order chi connectivity index (χ1) is 9.31. The lowest BCUT2D eigenvalue weighted by atomic mass is 10.0. The van der Waals surface area contributed by atoms with Crippen molar-refractivity contribution < 1.29 is 18.4 Å². The van der Waals surface area contributed by atoms with Crippen molar-refractivity contribution >= 4 is 15.7 Å². The first-order valence-corrected chi connectivity index (χ1v) is 7.69. The van der Waals surface area contributed by atoms with Crippen LogP contribution in [0.15, 0.2) is 23.1 Å². The predicted octanol–water partition coefficient (Wildman–Crippen LogP) is 1.21. The van der Waals surface area contributed by atoms with Crippen LogP contribution in [-0.2, 0) is 16.4 Å². The number of hydrogen-bond donors (Lipinski definition) is 2. The normalized spacial score (nSPS) is 13.2. The lowest BCUT2D eigenvalue weighted by Gasteiger charge is -2.10. The van der Waals surface area contributed by atoms with Crippen LogP contribution < -0.4 is 4.72 Å². The topological polar surface area (TPSA) is 110 Å². The van der Waals surface area contributed by atoms with E-state index in [2.05, 4.69) is 4.72 Å². The molecule has 0 saturated heterocycles. The van der Waals surface area contributed by atoms with Crippen LogP contribution in [0, 0.1) is 10.1 Å². The largest absolute Gasteiger partial charge is 0.393 e. The lowest BCUT2D eigenvalue weighted by Crippen LogP contribution is -2.19. The second-order valence-electron chi connectivity index (χ2n) is 4.40. The van der Waals surface area contributed by atoms with Crippen LogP contribution in [0.2, 0.25) is 0 Å². The fraction of sp³-hybridized carbons (Fsp3) is 0.500. The van der Waals surface area contributed by atoms with Crippen molar-refractivity contribution in [1.82, 2.24) is 4.72 Å². The monoisotopic (exact) mass is 302 g/mol. The Morgan fingerprint density at radius 1 is 1.45 bits per heavy atom. The van der Waals surface area contributed by atoms with E-state index in [1.807, 2.05) is 6.92 Å². The number of rotatable bonds is 7. The van der Waals surface area contributed by atoms with Crippen molar-refractivity contribution in [3.63, 3.8) is 0 Å². The molecule has 0 radical (unpaired) electrons. The highest BCUT2D eigenvalue weighted by atomic mass is 32.2. The standard InChI is InChI=1S/C12H18N2O5S/c1-3-4-10(15)7-9-5-6-11(20(18,19)13-2)8-12(9)14(16)17/h5-6,8,10,13,15H,3-4,7H2,1-2H3. The molecule has 8 heteroatoms. The van der Waals surface area contributed by atoms with E-state index in [0.717, 1.165) is 12.5 Å². The van der Waals surface area contributed by atoms with Crippen LogP contribution in [0.25, 0.3) is 0 Å². The highest BCUT2D eigenvalue weighted by molar-refractivity contribution is 7.89. The molecule has 0 saturated carbocycles. The van der Waals surface area contributed by atoms with E-state index in [4.69, 9.17) is 0 Å². The highest BCUT2D eigenvalue weighted by Crippen LogP contribution is 2.24. The van der Waals surface area contributed by atoms with Crippen molar-refractivity contribution in [2.45, 2.75) is 37.2 Å². The summed E-state index contributed by atoms with van der Waals surface area (Å²) in [5, 5.41) is 20.8. The van der Waals surface area contributed by atoms with E-state index in [-0.39, 0.29) is 17.0 Å². The number of hydrogen-bond acceptors (Lipinski definition) is 5. The molecular formula is C12H18N2O5S. The minimum atomic E-state index is -3.73. The molecule has 1 aromatic rings. The summed E-state index contributed by atoms with van der Waals surface area (Å²) in [4.78, 5) is 10.2. The molecule has 7 nitrogen and oxygen atoms in total. The van der Waals surface area contributed by atoms with Crippen molar-refractivity contribution in [2.75, 3.05) is 7.05 Å². The minimum Gasteiger partial charge on any atom is -0.393 e. The third-order valence-corrected chi connectivity index (χ3v) is 4.32. The maximum Gasteiger partial charge on any atom is 0.274 e. The summed E-state index contributed by atoms with van der Waals surface area (Å²) < 4.78 is 25.4. The number of nitrogens with zero attached hydrogens (tertiary/aromatic N) is 1. The summed E-state index contributed by atoms with van der Waals surface area (Å²) in [6.45, 7) is 1.90. The summed E-state index contributed by atoms with van der Waals surface area (Å²) >= 11 is 0. The molecule has 0 fully saturated rings. The fourth-order valence-corrected chi connectivity index (χ4v) is 2.61. The highest BCUT2D eigenvalue weighted by Gasteiger charge is 2.21. The Morgan fingerprint density at radius 2 is 2.10 bits per heavy atom. The second-order valence-corrected chi connectivity index (χ2v) is 6.29. The van der Waals surface area contributed by atoms with Crippen LogP contribution >= 0.6 is 0 Å². The molecule has 0 spiro atoms. The molecule has 112 valence electrons. The SMILES string of the molecule is CCCC(O)Cc1ccc(S(=O)(=O)NC)cc1[N+](=O)[O-]. The molecule has 0 aliphatic carbocycles. The number of nitrogens with one attached hydrogen (secondary N) is 1. The van der Waals surface area contributed by atoms with Gasteiger partial charge in [0.1, 0.15) is 0 Å². The van der Waals surface area contributed by atoms with Crippen LogP contribution in [0.1, 0.15) is 25.3 Å². The Balaban J connectivity index is 3.18. The van der Waals surface area contributed by atoms with Gasteiger partial charge in [-0.15, -0.1) is 0 Å². The second kappa shape index (κ2) is 6.78. The molecule has 0 aliphatic rings. The van der Waals surface area contributed by atoms with E-state index in [1.54, 1.807) is 0 Å². The summed E-state index contributed by atoms with van der Waals surface area (Å²) in [6, 6.07) is 3.69. The van der Waals surface area contributed by atoms with E-state index < -0.39 is 21.1 Å². The molecule has 2 N–H and O–H groups in total. The molecule has 0 aromatic heterocycles. The van der Waals surface area contributed by atoms with Gasteiger partial charge in [-0.25, -0.2) is 13.1 Å². The summed E-state index contributed by atoms with van der Waals surface area (Å²) in [6.07, 6.45) is 0.754. The Bertz CT molecular complexity index is 586. The van der Waals surface area contributed by atoms with Gasteiger partial charge in [-0.3, -0.25) is 10.1 Å². The van der Waals surface area contributed by atoms with Crippen LogP contribution in [-0.4, -0.2) is 31.6 Å². The number of sulfonamides is 1.